The van der Waals surface area contributed by atoms with Crippen molar-refractivity contribution in [1.82, 2.24) is 4.98 Å². The van der Waals surface area contributed by atoms with Gasteiger partial charge in [-0.2, -0.15) is 0 Å². The van der Waals surface area contributed by atoms with E-state index in [1.807, 2.05) is 18.2 Å². The molecule has 0 saturated carbocycles. The Morgan fingerprint density at radius 1 is 1.19 bits per heavy atom. The molecule has 132 valence electrons. The molecule has 1 atom stereocenters. The van der Waals surface area contributed by atoms with Crippen LogP contribution in [0.4, 0.5) is 0 Å². The number of hydrogen-bond donors (Lipinski definition) is 2. The summed E-state index contributed by atoms with van der Waals surface area (Å²) >= 11 is 1.70. The molecule has 2 aromatic carbocycles. The van der Waals surface area contributed by atoms with Crippen molar-refractivity contribution in [2.45, 2.75) is 20.0 Å². The van der Waals surface area contributed by atoms with Crippen molar-refractivity contribution in [1.29, 1.82) is 0 Å². The molecule has 0 fully saturated rings. The number of aromatic hydroxyl groups is 1. The monoisotopic (exact) mass is 367 g/mol. The van der Waals surface area contributed by atoms with Gasteiger partial charge in [0.25, 0.3) is 0 Å². The fraction of sp³-hybridized carbons (Fsp3) is 0.200. The highest BCUT2D eigenvalue weighted by Crippen LogP contribution is 2.27. The van der Waals surface area contributed by atoms with E-state index in [1.165, 1.54) is 9.60 Å². The van der Waals surface area contributed by atoms with Crippen LogP contribution in [-0.4, -0.2) is 17.1 Å². The topological polar surface area (TPSA) is 67.8 Å². The number of quaternary nitrogens is 1. The Morgan fingerprint density at radius 3 is 2.81 bits per heavy atom. The van der Waals surface area contributed by atoms with Gasteiger partial charge >= 0.3 is 5.63 Å². The summed E-state index contributed by atoms with van der Waals surface area (Å²) in [6.07, 6.45) is 0. The number of nitrogens with one attached hydrogen (secondary N) is 1. The van der Waals surface area contributed by atoms with E-state index in [-0.39, 0.29) is 5.75 Å². The van der Waals surface area contributed by atoms with Gasteiger partial charge in [-0.25, -0.2) is 9.78 Å². The molecule has 5 nitrogen and oxygen atoms in total. The van der Waals surface area contributed by atoms with E-state index in [0.29, 0.717) is 17.7 Å². The quantitative estimate of drug-likeness (QED) is 0.544. The third kappa shape index (κ3) is 3.09. The average molecular weight is 367 g/mol. The predicted octanol–water partition coefficient (Wildman–Crippen LogP) is 2.63. The highest BCUT2D eigenvalue weighted by molar-refractivity contribution is 7.18. The first-order valence-electron chi connectivity index (χ1n) is 8.42. The molecule has 2 N–H and O–H groups in total. The standard InChI is InChI=1S/C20H18N2O3S/c1-12-16(23)8-7-14-13(9-19(24)25-20(12)14)10-22(2)11-18-21-15-5-3-4-6-17(15)26-18/h3-9,23H,10-11H2,1-2H3/p+1. The molecular formula is C20H19N2O3S+. The number of rotatable bonds is 4. The summed E-state index contributed by atoms with van der Waals surface area (Å²) in [5, 5.41) is 11.8. The van der Waals surface area contributed by atoms with Crippen molar-refractivity contribution in [3.8, 4) is 5.75 Å². The first-order chi connectivity index (χ1) is 12.5. The van der Waals surface area contributed by atoms with Gasteiger partial charge in [-0.1, -0.05) is 12.1 Å². The second-order valence-corrected chi connectivity index (χ2v) is 7.68. The number of phenols is 1. The SMILES string of the molecule is Cc1c(O)ccc2c(C[NH+](C)Cc3nc4ccccc4s3)cc(=O)oc12. The van der Waals surface area contributed by atoms with Crippen molar-refractivity contribution in [2.75, 3.05) is 7.05 Å². The van der Waals surface area contributed by atoms with Gasteiger partial charge in [-0.3, -0.25) is 0 Å². The van der Waals surface area contributed by atoms with Crippen LogP contribution in [0.15, 0.2) is 51.7 Å². The maximum absolute atomic E-state index is 12.0. The number of fused-ring (bicyclic) bond motifs is 2. The third-order valence-corrected chi connectivity index (χ3v) is 5.54. The van der Waals surface area contributed by atoms with Crippen LogP contribution < -0.4 is 10.5 Å². The lowest BCUT2D eigenvalue weighted by Crippen LogP contribution is -3.06. The molecule has 0 spiro atoms. The maximum Gasteiger partial charge on any atom is 0.336 e. The van der Waals surface area contributed by atoms with Crippen molar-refractivity contribution >= 4 is 32.5 Å². The van der Waals surface area contributed by atoms with Crippen molar-refractivity contribution < 1.29 is 14.4 Å². The fourth-order valence-electron chi connectivity index (χ4n) is 3.20. The van der Waals surface area contributed by atoms with Gasteiger partial charge in [0.2, 0.25) is 0 Å². The number of phenolic OH excluding ortho intramolecular Hbond substituents is 1. The van der Waals surface area contributed by atoms with Crippen molar-refractivity contribution in [3.05, 3.63) is 69.0 Å². The summed E-state index contributed by atoms with van der Waals surface area (Å²) in [7, 11) is 2.08. The van der Waals surface area contributed by atoms with Gasteiger partial charge in [-0.15, -0.1) is 11.3 Å². The number of aryl methyl sites for hydroxylation is 1. The van der Waals surface area contributed by atoms with Crippen LogP contribution in [0.3, 0.4) is 0 Å². The van der Waals surface area contributed by atoms with Crippen molar-refractivity contribution in [3.63, 3.8) is 0 Å². The van der Waals surface area contributed by atoms with Crippen LogP contribution in [-0.2, 0) is 13.1 Å². The van der Waals surface area contributed by atoms with Gasteiger partial charge < -0.3 is 14.4 Å². The van der Waals surface area contributed by atoms with E-state index >= 15 is 0 Å². The van der Waals surface area contributed by atoms with Gasteiger partial charge in [0.1, 0.15) is 29.4 Å². The van der Waals surface area contributed by atoms with Crippen LogP contribution in [0.5, 0.6) is 5.75 Å². The van der Waals surface area contributed by atoms with Gasteiger partial charge in [-0.05, 0) is 31.2 Å². The Hall–Kier alpha value is -2.70. The van der Waals surface area contributed by atoms with Crippen molar-refractivity contribution in [2.24, 2.45) is 0 Å². The lowest BCUT2D eigenvalue weighted by atomic mass is 10.1. The number of para-hydroxylation sites is 1. The predicted molar refractivity (Wildman–Crippen MR) is 103 cm³/mol. The zero-order valence-electron chi connectivity index (χ0n) is 14.6. The Morgan fingerprint density at radius 2 is 2.00 bits per heavy atom. The van der Waals surface area contributed by atoms with E-state index in [9.17, 15) is 9.90 Å². The summed E-state index contributed by atoms with van der Waals surface area (Å²) in [5.74, 6) is 0.132. The summed E-state index contributed by atoms with van der Waals surface area (Å²) in [6, 6.07) is 13.1. The lowest BCUT2D eigenvalue weighted by Gasteiger charge is -2.14. The summed E-state index contributed by atoms with van der Waals surface area (Å²) in [6.45, 7) is 3.20. The van der Waals surface area contributed by atoms with E-state index < -0.39 is 5.63 Å². The zero-order valence-corrected chi connectivity index (χ0v) is 15.4. The molecule has 26 heavy (non-hydrogen) atoms. The Labute approximate surface area is 154 Å². The Kier molecular flexibility index (Phi) is 4.22. The third-order valence-electron chi connectivity index (χ3n) is 4.50. The molecule has 4 aromatic rings. The smallest absolute Gasteiger partial charge is 0.336 e. The summed E-state index contributed by atoms with van der Waals surface area (Å²) in [4.78, 5) is 17.9. The number of benzene rings is 2. The highest BCUT2D eigenvalue weighted by atomic mass is 32.1. The molecule has 0 saturated heterocycles. The van der Waals surface area contributed by atoms with Crippen LogP contribution in [0.25, 0.3) is 21.2 Å². The second kappa shape index (κ2) is 6.55. The van der Waals surface area contributed by atoms with E-state index in [4.69, 9.17) is 4.42 Å². The normalized spacial score (nSPS) is 12.7. The van der Waals surface area contributed by atoms with Gasteiger partial charge in [0, 0.05) is 22.6 Å². The summed E-state index contributed by atoms with van der Waals surface area (Å²) < 4.78 is 6.51. The molecule has 6 heteroatoms. The Balaban J connectivity index is 1.64. The lowest BCUT2D eigenvalue weighted by molar-refractivity contribution is -0.907. The highest BCUT2D eigenvalue weighted by Gasteiger charge is 2.15. The first kappa shape index (κ1) is 16.8. The minimum absolute atomic E-state index is 0.132. The zero-order chi connectivity index (χ0) is 18.3. The van der Waals surface area contributed by atoms with Gasteiger partial charge in [0.05, 0.1) is 17.3 Å². The first-order valence-corrected chi connectivity index (χ1v) is 9.24. The fourth-order valence-corrected chi connectivity index (χ4v) is 4.28. The molecule has 1 unspecified atom stereocenters. The number of aromatic nitrogens is 1. The largest absolute Gasteiger partial charge is 0.508 e. The van der Waals surface area contributed by atoms with E-state index in [2.05, 4.69) is 18.1 Å². The van der Waals surface area contributed by atoms with Crippen LogP contribution >= 0.6 is 11.3 Å². The molecule has 0 radical (unpaired) electrons. The van der Waals surface area contributed by atoms with Crippen LogP contribution in [0.1, 0.15) is 16.1 Å². The number of thiazole rings is 1. The minimum atomic E-state index is -0.394. The molecule has 0 bridgehead atoms. The van der Waals surface area contributed by atoms with Gasteiger partial charge in [0.15, 0.2) is 0 Å². The van der Waals surface area contributed by atoms with E-state index in [0.717, 1.165) is 28.0 Å². The maximum atomic E-state index is 12.0. The summed E-state index contributed by atoms with van der Waals surface area (Å²) in [5.41, 5.74) is 2.59. The van der Waals surface area contributed by atoms with E-state index in [1.54, 1.807) is 36.5 Å². The average Bonchev–Trinajstić information content (AvgIpc) is 3.00. The van der Waals surface area contributed by atoms with Crippen LogP contribution in [0.2, 0.25) is 0 Å². The number of nitrogens with zero attached hydrogens (tertiary/aromatic N) is 1. The minimum Gasteiger partial charge on any atom is -0.508 e. The second-order valence-electron chi connectivity index (χ2n) is 6.56. The molecule has 0 amide bonds. The molecule has 2 heterocycles. The molecule has 2 aromatic heterocycles. The Bertz CT molecular complexity index is 1130. The number of hydrogen-bond acceptors (Lipinski definition) is 5. The molecule has 0 aliphatic carbocycles. The molecule has 0 aliphatic heterocycles. The molecule has 4 rings (SSSR count). The van der Waals surface area contributed by atoms with Crippen LogP contribution in [0, 0.1) is 6.92 Å². The molecule has 0 aliphatic rings. The molecular weight excluding hydrogens is 348 g/mol.